The molecule has 60 valence electrons. The minimum absolute atomic E-state index is 0.159. The largest absolute Gasteiger partial charge is 0.344 e. The van der Waals surface area contributed by atoms with Crippen LogP contribution in [-0.4, -0.2) is 21.1 Å². The highest BCUT2D eigenvalue weighted by Gasteiger charge is 1.98. The zero-order chi connectivity index (χ0) is 9.14. The summed E-state index contributed by atoms with van der Waals surface area (Å²) in [5, 5.41) is 3.33. The third-order valence-corrected chi connectivity index (χ3v) is 2.87. The molecule has 1 aromatic carbocycles. The van der Waals surface area contributed by atoms with Crippen LogP contribution in [0.1, 0.15) is 0 Å². The van der Waals surface area contributed by atoms with Crippen LogP contribution >= 0.6 is 34.2 Å². The van der Waals surface area contributed by atoms with Crippen molar-refractivity contribution in [2.45, 2.75) is 0 Å². The molecule has 0 aliphatic carbocycles. The van der Waals surface area contributed by atoms with E-state index in [4.69, 9.17) is 11.6 Å². The summed E-state index contributed by atoms with van der Waals surface area (Å²) in [5.74, 6) is 0. The van der Waals surface area contributed by atoms with Crippen LogP contribution in [0.2, 0.25) is 5.02 Å². The number of rotatable bonds is 1. The minimum atomic E-state index is -0.159. The van der Waals surface area contributed by atoms with Gasteiger partial charge in [-0.1, -0.05) is 11.6 Å². The second-order valence-corrected chi connectivity index (χ2v) is 4.21. The molecule has 0 aliphatic heterocycles. The lowest BCUT2D eigenvalue weighted by Gasteiger charge is -2.03. The third kappa shape index (κ3) is 2.94. The highest BCUT2D eigenvalue weighted by Crippen LogP contribution is 2.21. The summed E-state index contributed by atoms with van der Waals surface area (Å²) in [6.07, 6.45) is 0. The first-order valence-corrected chi connectivity index (χ1v) is 5.14. The molecule has 1 rings (SSSR count). The molecule has 12 heavy (non-hydrogen) atoms. The van der Waals surface area contributed by atoms with Gasteiger partial charge in [-0.2, -0.15) is 0 Å². The topological polar surface area (TPSA) is 29.1 Å². The molecule has 0 aliphatic rings. The van der Waals surface area contributed by atoms with Gasteiger partial charge in [0, 0.05) is 9.26 Å². The second kappa shape index (κ2) is 4.47. The van der Waals surface area contributed by atoms with E-state index in [-0.39, 0.29) is 4.77 Å². The molecule has 2 nitrogen and oxygen atoms in total. The molecule has 1 N–H and O–H groups in total. The van der Waals surface area contributed by atoms with Crippen molar-refractivity contribution in [2.24, 2.45) is 0 Å². The number of hydrogen-bond acceptors (Lipinski definition) is 1. The van der Waals surface area contributed by atoms with Crippen LogP contribution in [0.3, 0.4) is 0 Å². The summed E-state index contributed by atoms with van der Waals surface area (Å²) in [4.78, 5) is 10.6. The van der Waals surface area contributed by atoms with Gasteiger partial charge in [0.1, 0.15) is 4.77 Å². The van der Waals surface area contributed by atoms with Gasteiger partial charge in [0.25, 0.3) is 16.3 Å². The number of carbonyl (C=O) groups is 1. The molecule has 1 amide bonds. The van der Waals surface area contributed by atoms with Crippen molar-refractivity contribution in [3.05, 3.63) is 26.8 Å². The molecular weight excluding hydrogens is 303 g/mol. The Kier molecular flexibility index (Phi) is 3.85. The van der Waals surface area contributed by atoms with E-state index >= 15 is 0 Å². The fourth-order valence-corrected chi connectivity index (χ4v) is 1.52. The fraction of sp³-hybridized carbons (Fsp3) is 0. The number of nitrogens with one attached hydrogen (secondary N) is 1. The van der Waals surface area contributed by atoms with Gasteiger partial charge in [-0.05, 0) is 40.8 Å². The summed E-state index contributed by atoms with van der Waals surface area (Å²) < 4.78 is 0.763. The predicted molar refractivity (Wildman–Crippen MR) is 58.9 cm³/mol. The zero-order valence-corrected chi connectivity index (χ0v) is 10.0. The van der Waals surface area contributed by atoms with Crippen LogP contribution in [0.4, 0.5) is 10.5 Å². The summed E-state index contributed by atoms with van der Waals surface area (Å²) in [6.45, 7) is 0. The first kappa shape index (κ1) is 10.3. The standard InChI is InChI=1S/C7H4ClINO.Al/c8-6-2-1-5(10-4-11)3-7(6)9;/h1-3H,(H,10,11);. The monoisotopic (exact) mass is 307 g/mol. The zero-order valence-electron chi connectivity index (χ0n) is 5.97. The van der Waals surface area contributed by atoms with Crippen LogP contribution < -0.4 is 5.32 Å². The van der Waals surface area contributed by atoms with Gasteiger partial charge in [0.2, 0.25) is 0 Å². The van der Waals surface area contributed by atoms with Crippen molar-refractivity contribution < 1.29 is 4.79 Å². The second-order valence-electron chi connectivity index (χ2n) is 2.12. The smallest absolute Gasteiger partial charge is 0.281 e. The Balaban J connectivity index is 2.89. The minimum Gasteiger partial charge on any atom is -0.344 e. The van der Waals surface area contributed by atoms with Crippen LogP contribution in [-0.2, 0) is 0 Å². The van der Waals surface area contributed by atoms with Gasteiger partial charge in [-0.15, -0.1) is 0 Å². The maximum absolute atomic E-state index is 10.6. The number of amides is 1. The Bertz CT molecular complexity index is 318. The van der Waals surface area contributed by atoms with Gasteiger partial charge >= 0.3 is 0 Å². The first-order chi connectivity index (χ1) is 5.59. The van der Waals surface area contributed by atoms with Crippen molar-refractivity contribution in [1.29, 1.82) is 0 Å². The molecule has 0 fully saturated rings. The molecule has 0 bridgehead atoms. The van der Waals surface area contributed by atoms with Crippen molar-refractivity contribution in [1.82, 2.24) is 0 Å². The molecule has 0 spiro atoms. The number of halogens is 2. The lowest BCUT2D eigenvalue weighted by atomic mass is 10.3. The normalized spacial score (nSPS) is 9.50. The Morgan fingerprint density at radius 3 is 2.75 bits per heavy atom. The van der Waals surface area contributed by atoms with Gasteiger partial charge in [-0.3, -0.25) is 0 Å². The summed E-state index contributed by atoms with van der Waals surface area (Å²) in [6, 6.07) is 5.32. The van der Waals surface area contributed by atoms with Crippen LogP contribution in [0.15, 0.2) is 18.2 Å². The van der Waals surface area contributed by atoms with E-state index in [0.29, 0.717) is 5.02 Å². The molecular formula is C7H4AlClINO. The highest BCUT2D eigenvalue weighted by atomic mass is 127. The van der Waals surface area contributed by atoms with Crippen molar-refractivity contribution in [2.75, 3.05) is 5.32 Å². The molecule has 0 saturated heterocycles. The Hall–Kier alpha value is 0.242. The quantitative estimate of drug-likeness (QED) is 0.627. The average Bonchev–Trinajstić information content (AvgIpc) is 1.96. The highest BCUT2D eigenvalue weighted by molar-refractivity contribution is 14.1. The lowest BCUT2D eigenvalue weighted by molar-refractivity contribution is 0.269. The molecule has 1 aromatic rings. The van der Waals surface area contributed by atoms with Crippen molar-refractivity contribution in [3.8, 4) is 0 Å². The maximum atomic E-state index is 10.6. The van der Waals surface area contributed by atoms with Gasteiger partial charge in [0.05, 0.1) is 5.02 Å². The maximum Gasteiger partial charge on any atom is 0.281 e. The van der Waals surface area contributed by atoms with Crippen LogP contribution in [0.25, 0.3) is 0 Å². The average molecular weight is 307 g/mol. The Morgan fingerprint density at radius 1 is 1.58 bits per heavy atom. The third-order valence-electron chi connectivity index (χ3n) is 1.19. The van der Waals surface area contributed by atoms with Crippen molar-refractivity contribution in [3.63, 3.8) is 0 Å². The Labute approximate surface area is 97.2 Å². The number of anilines is 1. The molecule has 0 heterocycles. The van der Waals surface area contributed by atoms with E-state index in [1.807, 2.05) is 22.4 Å². The Morgan fingerprint density at radius 2 is 2.25 bits per heavy atom. The summed E-state index contributed by atoms with van der Waals surface area (Å²) in [7, 11) is 0. The fourth-order valence-electron chi connectivity index (χ4n) is 0.716. The van der Waals surface area contributed by atoms with E-state index in [0.717, 1.165) is 9.26 Å². The van der Waals surface area contributed by atoms with Crippen molar-refractivity contribution >= 4 is 60.9 Å². The molecule has 5 heteroatoms. The molecule has 0 unspecified atom stereocenters. The number of carbonyl (C=O) groups excluding carboxylic acids is 1. The molecule has 0 saturated carbocycles. The van der Waals surface area contributed by atoms with Gasteiger partial charge in [0.15, 0.2) is 0 Å². The van der Waals surface area contributed by atoms with E-state index in [2.05, 4.69) is 27.9 Å². The van der Waals surface area contributed by atoms with Crippen LogP contribution in [0, 0.1) is 3.57 Å². The van der Waals surface area contributed by atoms with Gasteiger partial charge < -0.3 is 10.1 Å². The number of benzene rings is 1. The molecule has 0 aromatic heterocycles. The first-order valence-electron chi connectivity index (χ1n) is 3.11. The SMILES string of the molecule is O=[C]([Al])Nc1ccc(Cl)c(I)c1. The molecule has 0 atom stereocenters. The van der Waals surface area contributed by atoms with E-state index < -0.39 is 0 Å². The van der Waals surface area contributed by atoms with E-state index in [1.54, 1.807) is 12.1 Å². The predicted octanol–water partition coefficient (Wildman–Crippen LogP) is 2.65. The van der Waals surface area contributed by atoms with Gasteiger partial charge in [-0.25, -0.2) is 0 Å². The van der Waals surface area contributed by atoms with E-state index in [1.165, 1.54) is 0 Å². The summed E-state index contributed by atoms with van der Waals surface area (Å²) in [5.41, 5.74) is 0.754. The van der Waals surface area contributed by atoms with Crippen LogP contribution in [0.5, 0.6) is 0 Å². The number of hydrogen-bond donors (Lipinski definition) is 1. The molecule has 2 radical (unpaired) electrons. The summed E-state index contributed by atoms with van der Waals surface area (Å²) >= 11 is 9.95. The lowest BCUT2D eigenvalue weighted by Crippen LogP contribution is -2.07. The van der Waals surface area contributed by atoms with E-state index in [9.17, 15) is 4.79 Å².